The fourth-order valence-electron chi connectivity index (χ4n) is 4.18. The van der Waals surface area contributed by atoms with Crippen LogP contribution in [-0.2, 0) is 9.59 Å². The molecule has 1 amide bonds. The number of aldehydes is 1. The Morgan fingerprint density at radius 1 is 0.812 bits per heavy atom. The monoisotopic (exact) mass is 427 g/mol. The standard InChI is InChI=1S/C27H29N3O2/c1-21(22-8-4-2-5-9-22)27(32)28-24-12-14-25(15-13-24)29-16-18-30(19-17-29)26(20-31)23-10-6-3-7-11-23/h2-15,20-21,26H,16-19H2,1H3,(H,28,32). The van der Waals surface area contributed by atoms with Gasteiger partial charge in [0.1, 0.15) is 6.29 Å². The highest BCUT2D eigenvalue weighted by molar-refractivity contribution is 5.95. The molecule has 1 fully saturated rings. The first-order valence-corrected chi connectivity index (χ1v) is 11.1. The molecule has 0 aromatic heterocycles. The van der Waals surface area contributed by atoms with Crippen LogP contribution in [0.25, 0.3) is 0 Å². The summed E-state index contributed by atoms with van der Waals surface area (Å²) in [5.41, 5.74) is 3.97. The Bertz CT molecular complexity index is 1010. The van der Waals surface area contributed by atoms with Crippen LogP contribution in [0.1, 0.15) is 30.0 Å². The van der Waals surface area contributed by atoms with Crippen molar-refractivity contribution in [1.82, 2.24) is 4.90 Å². The van der Waals surface area contributed by atoms with E-state index < -0.39 is 0 Å². The van der Waals surface area contributed by atoms with Crippen molar-refractivity contribution in [3.05, 3.63) is 96.1 Å². The van der Waals surface area contributed by atoms with Gasteiger partial charge in [0.2, 0.25) is 5.91 Å². The lowest BCUT2D eigenvalue weighted by Gasteiger charge is -2.38. The number of amides is 1. The molecule has 164 valence electrons. The van der Waals surface area contributed by atoms with Gasteiger partial charge in [-0.05, 0) is 42.3 Å². The Morgan fingerprint density at radius 2 is 1.38 bits per heavy atom. The highest BCUT2D eigenvalue weighted by Gasteiger charge is 2.25. The summed E-state index contributed by atoms with van der Waals surface area (Å²) < 4.78 is 0. The van der Waals surface area contributed by atoms with Gasteiger partial charge >= 0.3 is 0 Å². The molecule has 1 aliphatic heterocycles. The first kappa shape index (κ1) is 21.8. The van der Waals surface area contributed by atoms with Crippen molar-refractivity contribution < 1.29 is 9.59 Å². The van der Waals surface area contributed by atoms with Crippen molar-refractivity contribution in [2.45, 2.75) is 18.9 Å². The van der Waals surface area contributed by atoms with Crippen LogP contribution >= 0.6 is 0 Å². The van der Waals surface area contributed by atoms with E-state index in [1.54, 1.807) is 0 Å². The van der Waals surface area contributed by atoms with Gasteiger partial charge in [0.15, 0.2) is 0 Å². The van der Waals surface area contributed by atoms with Crippen LogP contribution in [0.2, 0.25) is 0 Å². The predicted molar refractivity (Wildman–Crippen MR) is 129 cm³/mol. The van der Waals surface area contributed by atoms with E-state index in [9.17, 15) is 9.59 Å². The van der Waals surface area contributed by atoms with Gasteiger partial charge in [0.25, 0.3) is 0 Å². The number of carbonyl (C=O) groups excluding carboxylic acids is 2. The third kappa shape index (κ3) is 5.06. The number of hydrogen-bond acceptors (Lipinski definition) is 4. The number of benzene rings is 3. The molecule has 1 aliphatic rings. The smallest absolute Gasteiger partial charge is 0.231 e. The van der Waals surface area contributed by atoms with Crippen molar-refractivity contribution in [2.75, 3.05) is 36.4 Å². The topological polar surface area (TPSA) is 52.7 Å². The van der Waals surface area contributed by atoms with Crippen LogP contribution < -0.4 is 10.2 Å². The maximum absolute atomic E-state index is 12.6. The molecule has 0 bridgehead atoms. The second-order valence-electron chi connectivity index (χ2n) is 8.18. The van der Waals surface area contributed by atoms with E-state index in [0.717, 1.165) is 55.0 Å². The van der Waals surface area contributed by atoms with Crippen molar-refractivity contribution in [3.8, 4) is 0 Å². The van der Waals surface area contributed by atoms with Crippen LogP contribution in [0.4, 0.5) is 11.4 Å². The van der Waals surface area contributed by atoms with Crippen LogP contribution in [0, 0.1) is 0 Å². The molecule has 2 unspecified atom stereocenters. The molecular formula is C27H29N3O2. The number of piperazine rings is 1. The van der Waals surface area contributed by atoms with Crippen molar-refractivity contribution in [3.63, 3.8) is 0 Å². The fraction of sp³-hybridized carbons (Fsp3) is 0.259. The van der Waals surface area contributed by atoms with Gasteiger partial charge in [0.05, 0.1) is 12.0 Å². The molecule has 0 spiro atoms. The minimum Gasteiger partial charge on any atom is -0.369 e. The molecule has 5 heteroatoms. The number of carbonyl (C=O) groups is 2. The van der Waals surface area contributed by atoms with Crippen molar-refractivity contribution in [2.24, 2.45) is 0 Å². The normalized spacial score (nSPS) is 16.2. The summed E-state index contributed by atoms with van der Waals surface area (Å²) in [7, 11) is 0. The number of anilines is 2. The quantitative estimate of drug-likeness (QED) is 0.565. The summed E-state index contributed by atoms with van der Waals surface area (Å²) in [6.07, 6.45) is 1.04. The Morgan fingerprint density at radius 3 is 1.94 bits per heavy atom. The molecular weight excluding hydrogens is 398 g/mol. The van der Waals surface area contributed by atoms with Crippen molar-refractivity contribution >= 4 is 23.6 Å². The molecule has 0 aliphatic carbocycles. The van der Waals surface area contributed by atoms with Gasteiger partial charge in [-0.3, -0.25) is 9.69 Å². The zero-order valence-electron chi connectivity index (χ0n) is 18.4. The number of nitrogens with zero attached hydrogens (tertiary/aromatic N) is 2. The third-order valence-corrected chi connectivity index (χ3v) is 6.17. The first-order valence-electron chi connectivity index (χ1n) is 11.1. The molecule has 0 radical (unpaired) electrons. The van der Waals surface area contributed by atoms with Crippen LogP contribution in [0.15, 0.2) is 84.9 Å². The summed E-state index contributed by atoms with van der Waals surface area (Å²) in [5, 5.41) is 3.01. The number of rotatable bonds is 7. The Labute approximate surface area is 189 Å². The molecule has 1 saturated heterocycles. The minimum absolute atomic E-state index is 0.0154. The zero-order chi connectivity index (χ0) is 22.3. The second-order valence-corrected chi connectivity index (χ2v) is 8.18. The second kappa shape index (κ2) is 10.2. The van der Waals surface area contributed by atoms with E-state index in [1.807, 2.05) is 91.9 Å². The molecule has 4 rings (SSSR count). The van der Waals surface area contributed by atoms with E-state index in [4.69, 9.17) is 0 Å². The molecule has 0 saturated carbocycles. The summed E-state index contributed by atoms with van der Waals surface area (Å²) in [6.45, 7) is 5.28. The number of hydrogen-bond donors (Lipinski definition) is 1. The van der Waals surface area contributed by atoms with E-state index in [1.165, 1.54) is 0 Å². The molecule has 32 heavy (non-hydrogen) atoms. The van der Waals surface area contributed by atoms with Gasteiger partial charge < -0.3 is 15.0 Å². The summed E-state index contributed by atoms with van der Waals surface area (Å²) in [4.78, 5) is 28.9. The van der Waals surface area contributed by atoms with E-state index in [0.29, 0.717) is 0 Å². The summed E-state index contributed by atoms with van der Waals surface area (Å²) in [5.74, 6) is -0.224. The zero-order valence-corrected chi connectivity index (χ0v) is 18.4. The maximum atomic E-state index is 12.6. The lowest BCUT2D eigenvalue weighted by Crippen LogP contribution is -2.48. The maximum Gasteiger partial charge on any atom is 0.231 e. The first-order chi connectivity index (χ1) is 15.7. The Hall–Kier alpha value is -3.44. The highest BCUT2D eigenvalue weighted by atomic mass is 16.1. The fourth-order valence-corrected chi connectivity index (χ4v) is 4.18. The van der Waals surface area contributed by atoms with Crippen LogP contribution in [0.5, 0.6) is 0 Å². The molecule has 3 aromatic carbocycles. The average molecular weight is 428 g/mol. The highest BCUT2D eigenvalue weighted by Crippen LogP contribution is 2.25. The van der Waals surface area contributed by atoms with Crippen LogP contribution in [-0.4, -0.2) is 43.3 Å². The minimum atomic E-state index is -0.209. The average Bonchev–Trinajstić information content (AvgIpc) is 2.86. The third-order valence-electron chi connectivity index (χ3n) is 6.17. The molecule has 5 nitrogen and oxygen atoms in total. The van der Waals surface area contributed by atoms with Crippen molar-refractivity contribution in [1.29, 1.82) is 0 Å². The predicted octanol–water partition coefficient (Wildman–Crippen LogP) is 4.49. The molecule has 1 heterocycles. The largest absolute Gasteiger partial charge is 0.369 e. The molecule has 3 aromatic rings. The summed E-state index contributed by atoms with van der Waals surface area (Å²) in [6, 6.07) is 27.5. The van der Waals surface area contributed by atoms with Gasteiger partial charge in [0, 0.05) is 37.6 Å². The van der Waals surface area contributed by atoms with E-state index in [-0.39, 0.29) is 17.9 Å². The lowest BCUT2D eigenvalue weighted by molar-refractivity contribution is -0.117. The van der Waals surface area contributed by atoms with E-state index in [2.05, 4.69) is 15.1 Å². The SMILES string of the molecule is CC(C(=O)Nc1ccc(N2CCN(C(C=O)c3ccccc3)CC2)cc1)c1ccccc1. The Kier molecular flexibility index (Phi) is 6.97. The lowest BCUT2D eigenvalue weighted by atomic mass is 10.0. The molecule has 1 N–H and O–H groups in total. The van der Waals surface area contributed by atoms with Gasteiger partial charge in [-0.15, -0.1) is 0 Å². The van der Waals surface area contributed by atoms with Gasteiger partial charge in [-0.2, -0.15) is 0 Å². The van der Waals surface area contributed by atoms with Crippen LogP contribution in [0.3, 0.4) is 0 Å². The van der Waals surface area contributed by atoms with E-state index >= 15 is 0 Å². The summed E-state index contributed by atoms with van der Waals surface area (Å²) >= 11 is 0. The Balaban J connectivity index is 1.33. The van der Waals surface area contributed by atoms with Gasteiger partial charge in [-0.25, -0.2) is 0 Å². The van der Waals surface area contributed by atoms with Gasteiger partial charge in [-0.1, -0.05) is 60.7 Å². The molecule has 2 atom stereocenters. The number of nitrogens with one attached hydrogen (secondary N) is 1.